The summed E-state index contributed by atoms with van der Waals surface area (Å²) in [5.74, 6) is 2.26. The number of carbonyl (C=O) groups is 1. The van der Waals surface area contributed by atoms with Gasteiger partial charge in [0.25, 0.3) is 5.91 Å². The van der Waals surface area contributed by atoms with Gasteiger partial charge in [0.15, 0.2) is 11.7 Å². The molecule has 0 bridgehead atoms. The van der Waals surface area contributed by atoms with E-state index in [4.69, 9.17) is 15.0 Å². The maximum absolute atomic E-state index is 13.1. The standard InChI is InChI=1S/C33H35N5O/c1-32(2)30(37-31(33(32,3)4)38-22-14-15-23-38)36-28(25-18-10-6-11-19-25)34-27(24-16-8-5-9-17-24)35-29(39)26-20-12-7-13-21-26/h5-13,16-21H,14-15,22-23H2,1-4H3. The van der Waals surface area contributed by atoms with E-state index in [9.17, 15) is 4.79 Å². The van der Waals surface area contributed by atoms with Crippen LogP contribution in [-0.4, -0.2) is 47.2 Å². The third-order valence-corrected chi connectivity index (χ3v) is 8.01. The topological polar surface area (TPSA) is 69.7 Å². The second-order valence-electron chi connectivity index (χ2n) is 11.1. The van der Waals surface area contributed by atoms with Crippen molar-refractivity contribution in [2.75, 3.05) is 13.1 Å². The summed E-state index contributed by atoms with van der Waals surface area (Å²) in [5.41, 5.74) is 1.55. The summed E-state index contributed by atoms with van der Waals surface area (Å²) < 4.78 is 0. The van der Waals surface area contributed by atoms with E-state index in [2.05, 4.69) is 37.6 Å². The van der Waals surface area contributed by atoms with Crippen molar-refractivity contribution in [3.63, 3.8) is 0 Å². The molecule has 6 nitrogen and oxygen atoms in total. The molecule has 0 N–H and O–H groups in total. The fourth-order valence-electron chi connectivity index (χ4n) is 4.92. The van der Waals surface area contributed by atoms with Crippen LogP contribution >= 0.6 is 0 Å². The van der Waals surface area contributed by atoms with Crippen molar-refractivity contribution < 1.29 is 4.79 Å². The predicted octanol–water partition coefficient (Wildman–Crippen LogP) is 6.68. The minimum Gasteiger partial charge on any atom is -0.360 e. The first kappa shape index (κ1) is 26.4. The van der Waals surface area contributed by atoms with Crippen LogP contribution in [0.5, 0.6) is 0 Å². The quantitative estimate of drug-likeness (QED) is 0.287. The highest BCUT2D eigenvalue weighted by molar-refractivity contribution is 6.20. The SMILES string of the molecule is CC1(C)C(=NC(=NC(=NC(=O)c2ccccc2)c2ccccc2)c2ccccc2)N=C(N2CCCC2)C1(C)C. The van der Waals surface area contributed by atoms with Gasteiger partial charge in [-0.2, -0.15) is 4.99 Å². The Labute approximate surface area is 231 Å². The Hall–Kier alpha value is -4.19. The van der Waals surface area contributed by atoms with Gasteiger partial charge >= 0.3 is 0 Å². The average Bonchev–Trinajstić information content (AvgIpc) is 3.54. The van der Waals surface area contributed by atoms with Gasteiger partial charge in [-0.25, -0.2) is 15.0 Å². The summed E-state index contributed by atoms with van der Waals surface area (Å²) in [6.07, 6.45) is 2.37. The number of rotatable bonds is 3. The third kappa shape index (κ3) is 5.37. The van der Waals surface area contributed by atoms with Gasteiger partial charge in [-0.05, 0) is 25.0 Å². The molecule has 1 saturated heterocycles. The average molecular weight is 518 g/mol. The van der Waals surface area contributed by atoms with Crippen molar-refractivity contribution in [2.24, 2.45) is 30.8 Å². The Morgan fingerprint density at radius 3 is 1.69 bits per heavy atom. The number of carbonyl (C=O) groups excluding carboxylic acids is 1. The number of benzene rings is 3. The Bertz CT molecular complexity index is 1450. The number of hydrogen-bond acceptors (Lipinski definition) is 2. The molecule has 5 rings (SSSR count). The van der Waals surface area contributed by atoms with Gasteiger partial charge < -0.3 is 4.90 Å². The highest BCUT2D eigenvalue weighted by Crippen LogP contribution is 2.47. The van der Waals surface area contributed by atoms with Crippen LogP contribution in [0.25, 0.3) is 0 Å². The minimum absolute atomic E-state index is 0.197. The normalized spacial score (nSPS) is 19.8. The molecule has 6 heteroatoms. The molecule has 2 aliphatic heterocycles. The van der Waals surface area contributed by atoms with Gasteiger partial charge in [0.05, 0.1) is 0 Å². The van der Waals surface area contributed by atoms with Gasteiger partial charge in [0.2, 0.25) is 0 Å². The maximum atomic E-state index is 13.1. The lowest BCUT2D eigenvalue weighted by atomic mass is 9.68. The third-order valence-electron chi connectivity index (χ3n) is 8.01. The summed E-state index contributed by atoms with van der Waals surface area (Å²) in [7, 11) is 0. The molecule has 2 aliphatic rings. The van der Waals surface area contributed by atoms with Crippen molar-refractivity contribution in [3.8, 4) is 0 Å². The molecule has 1 amide bonds. The van der Waals surface area contributed by atoms with Crippen LogP contribution in [0.1, 0.15) is 62.0 Å². The van der Waals surface area contributed by atoms with Gasteiger partial charge in [0, 0.05) is 40.6 Å². The Balaban J connectivity index is 1.66. The zero-order valence-corrected chi connectivity index (χ0v) is 23.1. The van der Waals surface area contributed by atoms with Crippen molar-refractivity contribution in [2.45, 2.75) is 40.5 Å². The van der Waals surface area contributed by atoms with Crippen LogP contribution in [0.3, 0.4) is 0 Å². The van der Waals surface area contributed by atoms with Crippen LogP contribution < -0.4 is 0 Å². The monoisotopic (exact) mass is 517 g/mol. The number of aliphatic imine (C=N–C) groups is 4. The Morgan fingerprint density at radius 2 is 1.15 bits per heavy atom. The number of hydrogen-bond donors (Lipinski definition) is 0. The van der Waals surface area contributed by atoms with E-state index >= 15 is 0 Å². The van der Waals surface area contributed by atoms with E-state index < -0.39 is 0 Å². The summed E-state index contributed by atoms with van der Waals surface area (Å²) in [4.78, 5) is 35.2. The van der Waals surface area contributed by atoms with E-state index in [1.54, 1.807) is 12.1 Å². The Kier molecular flexibility index (Phi) is 7.38. The van der Waals surface area contributed by atoms with Crippen LogP contribution in [-0.2, 0) is 0 Å². The number of likely N-dealkylation sites (tertiary alicyclic amines) is 1. The molecule has 198 valence electrons. The molecule has 1 fully saturated rings. The highest BCUT2D eigenvalue weighted by Gasteiger charge is 2.52. The fraction of sp³-hybridized carbons (Fsp3) is 0.303. The van der Waals surface area contributed by atoms with Gasteiger partial charge in [-0.3, -0.25) is 4.79 Å². The van der Waals surface area contributed by atoms with Crippen molar-refractivity contribution >= 4 is 29.2 Å². The van der Waals surface area contributed by atoms with E-state index in [1.807, 2.05) is 78.9 Å². The largest absolute Gasteiger partial charge is 0.360 e. The first-order valence-electron chi connectivity index (χ1n) is 13.6. The molecule has 39 heavy (non-hydrogen) atoms. The zero-order valence-electron chi connectivity index (χ0n) is 23.1. The highest BCUT2D eigenvalue weighted by atomic mass is 16.1. The van der Waals surface area contributed by atoms with Gasteiger partial charge in [-0.15, -0.1) is 0 Å². The number of amides is 1. The lowest BCUT2D eigenvalue weighted by Crippen LogP contribution is -2.44. The van der Waals surface area contributed by atoms with Gasteiger partial charge in [0.1, 0.15) is 11.7 Å². The van der Waals surface area contributed by atoms with E-state index in [1.165, 1.54) is 12.8 Å². The lowest BCUT2D eigenvalue weighted by Gasteiger charge is -2.38. The molecule has 0 spiro atoms. The van der Waals surface area contributed by atoms with E-state index in [0.29, 0.717) is 17.2 Å². The molecule has 0 atom stereocenters. The minimum atomic E-state index is -0.352. The number of amidine groups is 4. The smallest absolute Gasteiger partial charge is 0.279 e. The Morgan fingerprint density at radius 1 is 0.667 bits per heavy atom. The molecule has 0 aromatic heterocycles. The molecular weight excluding hydrogens is 482 g/mol. The van der Waals surface area contributed by atoms with Crippen LogP contribution in [0.4, 0.5) is 0 Å². The summed E-state index contributed by atoms with van der Waals surface area (Å²) >= 11 is 0. The van der Waals surface area contributed by atoms with Crippen LogP contribution in [0.15, 0.2) is 111 Å². The molecule has 0 unspecified atom stereocenters. The second-order valence-corrected chi connectivity index (χ2v) is 11.1. The van der Waals surface area contributed by atoms with Crippen LogP contribution in [0, 0.1) is 10.8 Å². The molecule has 0 saturated carbocycles. The summed E-state index contributed by atoms with van der Waals surface area (Å²) in [6, 6.07) is 28.5. The molecule has 3 aromatic rings. The molecule has 0 radical (unpaired) electrons. The fourth-order valence-corrected chi connectivity index (χ4v) is 4.92. The maximum Gasteiger partial charge on any atom is 0.279 e. The second kappa shape index (κ2) is 10.9. The lowest BCUT2D eigenvalue weighted by molar-refractivity contribution is 0.100. The predicted molar refractivity (Wildman–Crippen MR) is 160 cm³/mol. The summed E-state index contributed by atoms with van der Waals surface area (Å²) in [6.45, 7) is 11.0. The molecular formula is C33H35N5O. The van der Waals surface area contributed by atoms with E-state index in [0.717, 1.165) is 35.9 Å². The summed E-state index contributed by atoms with van der Waals surface area (Å²) in [5, 5.41) is 0. The molecule has 0 aliphatic carbocycles. The first-order chi connectivity index (χ1) is 18.8. The van der Waals surface area contributed by atoms with Crippen molar-refractivity contribution in [1.29, 1.82) is 0 Å². The van der Waals surface area contributed by atoms with Crippen molar-refractivity contribution in [1.82, 2.24) is 4.90 Å². The zero-order chi connectivity index (χ0) is 27.5. The van der Waals surface area contributed by atoms with E-state index in [-0.39, 0.29) is 16.7 Å². The molecule has 3 aromatic carbocycles. The van der Waals surface area contributed by atoms with Gasteiger partial charge in [-0.1, -0.05) is 107 Å². The van der Waals surface area contributed by atoms with Crippen molar-refractivity contribution in [3.05, 3.63) is 108 Å². The first-order valence-corrected chi connectivity index (χ1v) is 13.6. The van der Waals surface area contributed by atoms with Crippen LogP contribution in [0.2, 0.25) is 0 Å². The number of nitrogens with zero attached hydrogens (tertiary/aromatic N) is 5. The molecule has 2 heterocycles.